The molecule has 0 saturated carbocycles. The van der Waals surface area contributed by atoms with Crippen LogP contribution in [0, 0.1) is 11.2 Å². The van der Waals surface area contributed by atoms with Gasteiger partial charge in [0.25, 0.3) is 0 Å². The molecule has 0 radical (unpaired) electrons. The van der Waals surface area contributed by atoms with E-state index in [1.54, 1.807) is 17.0 Å². The number of hydrogen-bond donors (Lipinski definition) is 1. The van der Waals surface area contributed by atoms with E-state index in [4.69, 9.17) is 10.5 Å². The molecule has 3 rings (SSSR count). The average Bonchev–Trinajstić information content (AvgIpc) is 2.94. The molecule has 7 heteroatoms. The number of carbonyl (C=O) groups is 2. The Morgan fingerprint density at radius 3 is 2.52 bits per heavy atom. The monoisotopic (exact) mass is 377 g/mol. The summed E-state index contributed by atoms with van der Waals surface area (Å²) in [6.07, 6.45) is 2.22. The highest BCUT2D eigenvalue weighted by Crippen LogP contribution is 2.32. The smallest absolute Gasteiger partial charge is 0.230 e. The first-order valence-corrected chi connectivity index (χ1v) is 9.63. The second-order valence-corrected chi connectivity index (χ2v) is 7.43. The maximum Gasteiger partial charge on any atom is 0.230 e. The molecule has 148 valence electrons. The van der Waals surface area contributed by atoms with Crippen LogP contribution >= 0.6 is 0 Å². The minimum atomic E-state index is -0.529. The summed E-state index contributed by atoms with van der Waals surface area (Å²) in [5.74, 6) is -0.279. The molecule has 2 aliphatic heterocycles. The number of hydrogen-bond acceptors (Lipinski definition) is 4. The SMILES string of the molecule is NCC1(C(=O)N2CCCN(C(=O)Cc3cccc(F)c3)CC2)CCOCC1. The fourth-order valence-corrected chi connectivity index (χ4v) is 3.91. The first-order valence-electron chi connectivity index (χ1n) is 9.63. The molecule has 2 amide bonds. The highest BCUT2D eigenvalue weighted by Gasteiger charge is 2.41. The van der Waals surface area contributed by atoms with Crippen molar-refractivity contribution in [1.29, 1.82) is 0 Å². The van der Waals surface area contributed by atoms with E-state index in [-0.39, 0.29) is 24.1 Å². The van der Waals surface area contributed by atoms with Crippen molar-refractivity contribution in [1.82, 2.24) is 9.80 Å². The zero-order valence-electron chi connectivity index (χ0n) is 15.7. The standard InChI is InChI=1S/C20H28FN3O3/c21-17-4-1-3-16(13-17)14-18(25)23-7-2-8-24(10-9-23)19(26)20(15-22)5-11-27-12-6-20/h1,3-4,13H,2,5-12,14-15,22H2. The molecule has 0 atom stereocenters. The summed E-state index contributed by atoms with van der Waals surface area (Å²) in [6, 6.07) is 6.13. The first-order chi connectivity index (χ1) is 13.0. The van der Waals surface area contributed by atoms with Crippen molar-refractivity contribution in [3.05, 3.63) is 35.6 Å². The Labute approximate surface area is 159 Å². The number of carbonyl (C=O) groups excluding carboxylic acids is 2. The summed E-state index contributed by atoms with van der Waals surface area (Å²) < 4.78 is 18.7. The van der Waals surface area contributed by atoms with Crippen molar-refractivity contribution in [3.8, 4) is 0 Å². The maximum absolute atomic E-state index is 13.3. The van der Waals surface area contributed by atoms with Gasteiger partial charge in [-0.1, -0.05) is 12.1 Å². The Bertz CT molecular complexity index is 676. The van der Waals surface area contributed by atoms with Gasteiger partial charge in [-0.3, -0.25) is 9.59 Å². The van der Waals surface area contributed by atoms with Crippen molar-refractivity contribution >= 4 is 11.8 Å². The van der Waals surface area contributed by atoms with Gasteiger partial charge >= 0.3 is 0 Å². The van der Waals surface area contributed by atoms with Gasteiger partial charge in [0, 0.05) is 45.9 Å². The fraction of sp³-hybridized carbons (Fsp3) is 0.600. The summed E-state index contributed by atoms with van der Waals surface area (Å²) in [5, 5.41) is 0. The topological polar surface area (TPSA) is 75.9 Å². The molecule has 2 saturated heterocycles. The Morgan fingerprint density at radius 2 is 1.81 bits per heavy atom. The molecular weight excluding hydrogens is 349 g/mol. The molecule has 0 bridgehead atoms. The molecule has 6 nitrogen and oxygen atoms in total. The van der Waals surface area contributed by atoms with E-state index < -0.39 is 5.41 Å². The number of ether oxygens (including phenoxy) is 1. The summed E-state index contributed by atoms with van der Waals surface area (Å²) in [6.45, 7) is 3.70. The van der Waals surface area contributed by atoms with Crippen molar-refractivity contribution in [3.63, 3.8) is 0 Å². The maximum atomic E-state index is 13.3. The highest BCUT2D eigenvalue weighted by molar-refractivity contribution is 5.83. The van der Waals surface area contributed by atoms with E-state index in [9.17, 15) is 14.0 Å². The first kappa shape index (κ1) is 19.8. The Hall–Kier alpha value is -1.99. The van der Waals surface area contributed by atoms with Gasteiger partial charge in [-0.15, -0.1) is 0 Å². The van der Waals surface area contributed by atoms with Crippen LogP contribution in [0.1, 0.15) is 24.8 Å². The van der Waals surface area contributed by atoms with E-state index in [0.717, 1.165) is 6.42 Å². The lowest BCUT2D eigenvalue weighted by atomic mass is 9.79. The van der Waals surface area contributed by atoms with Crippen LogP contribution in [0.15, 0.2) is 24.3 Å². The number of rotatable bonds is 4. The number of nitrogens with zero attached hydrogens (tertiary/aromatic N) is 2. The van der Waals surface area contributed by atoms with Crippen LogP contribution < -0.4 is 5.73 Å². The van der Waals surface area contributed by atoms with Gasteiger partial charge in [0.2, 0.25) is 11.8 Å². The molecule has 0 aliphatic carbocycles. The van der Waals surface area contributed by atoms with Crippen molar-refractivity contribution in [2.75, 3.05) is 45.9 Å². The van der Waals surface area contributed by atoms with E-state index in [0.29, 0.717) is 64.3 Å². The van der Waals surface area contributed by atoms with Crippen molar-refractivity contribution in [2.24, 2.45) is 11.1 Å². The van der Waals surface area contributed by atoms with Crippen LogP contribution in [-0.4, -0.2) is 67.6 Å². The lowest BCUT2D eigenvalue weighted by Gasteiger charge is -2.38. The molecule has 2 aliphatic rings. The minimum absolute atomic E-state index is 0.0329. The number of nitrogens with two attached hydrogens (primary N) is 1. The number of amides is 2. The van der Waals surface area contributed by atoms with Crippen LogP contribution in [0.4, 0.5) is 4.39 Å². The summed E-state index contributed by atoms with van der Waals surface area (Å²) in [5.41, 5.74) is 6.10. The fourth-order valence-electron chi connectivity index (χ4n) is 3.91. The lowest BCUT2D eigenvalue weighted by Crippen LogP contribution is -2.51. The van der Waals surface area contributed by atoms with Gasteiger partial charge in [-0.2, -0.15) is 0 Å². The molecule has 2 fully saturated rings. The zero-order valence-corrected chi connectivity index (χ0v) is 15.7. The van der Waals surface area contributed by atoms with Crippen LogP contribution in [0.5, 0.6) is 0 Å². The van der Waals surface area contributed by atoms with E-state index in [1.807, 2.05) is 4.90 Å². The van der Waals surface area contributed by atoms with Crippen molar-refractivity contribution < 1.29 is 18.7 Å². The van der Waals surface area contributed by atoms with Crippen molar-refractivity contribution in [2.45, 2.75) is 25.7 Å². The van der Waals surface area contributed by atoms with Gasteiger partial charge in [0.15, 0.2) is 0 Å². The van der Waals surface area contributed by atoms with Crippen LogP contribution in [0.2, 0.25) is 0 Å². The van der Waals surface area contributed by atoms with Gasteiger partial charge in [0.05, 0.1) is 11.8 Å². The van der Waals surface area contributed by atoms with Crippen LogP contribution in [0.25, 0.3) is 0 Å². The summed E-state index contributed by atoms with van der Waals surface area (Å²) in [7, 11) is 0. The Kier molecular flexibility index (Phi) is 6.44. The summed E-state index contributed by atoms with van der Waals surface area (Å²) >= 11 is 0. The largest absolute Gasteiger partial charge is 0.381 e. The highest BCUT2D eigenvalue weighted by atomic mass is 19.1. The summed E-state index contributed by atoms with van der Waals surface area (Å²) in [4.78, 5) is 29.3. The quantitative estimate of drug-likeness (QED) is 0.855. The predicted molar refractivity (Wildman–Crippen MR) is 99.4 cm³/mol. The zero-order chi connectivity index (χ0) is 19.3. The van der Waals surface area contributed by atoms with Gasteiger partial charge < -0.3 is 20.3 Å². The Balaban J connectivity index is 1.59. The second kappa shape index (κ2) is 8.80. The van der Waals surface area contributed by atoms with Gasteiger partial charge in [0.1, 0.15) is 5.82 Å². The Morgan fingerprint density at radius 1 is 1.11 bits per heavy atom. The van der Waals surface area contributed by atoms with Gasteiger partial charge in [-0.05, 0) is 37.0 Å². The normalized spacial score (nSPS) is 20.2. The van der Waals surface area contributed by atoms with E-state index >= 15 is 0 Å². The third kappa shape index (κ3) is 4.65. The molecular formula is C20H28FN3O3. The van der Waals surface area contributed by atoms with Crippen LogP contribution in [-0.2, 0) is 20.7 Å². The molecule has 1 aromatic rings. The molecule has 27 heavy (non-hydrogen) atoms. The third-order valence-corrected chi connectivity index (χ3v) is 5.67. The van der Waals surface area contributed by atoms with Crippen LogP contribution in [0.3, 0.4) is 0 Å². The molecule has 0 aromatic heterocycles. The minimum Gasteiger partial charge on any atom is -0.381 e. The molecule has 2 N–H and O–H groups in total. The second-order valence-electron chi connectivity index (χ2n) is 7.43. The molecule has 0 unspecified atom stereocenters. The lowest BCUT2D eigenvalue weighted by molar-refractivity contribution is -0.147. The number of benzene rings is 1. The van der Waals surface area contributed by atoms with E-state index in [1.165, 1.54) is 12.1 Å². The molecule has 2 heterocycles. The third-order valence-electron chi connectivity index (χ3n) is 5.67. The molecule has 1 aromatic carbocycles. The predicted octanol–water partition coefficient (Wildman–Crippen LogP) is 1.18. The molecule has 0 spiro atoms. The number of halogens is 1. The van der Waals surface area contributed by atoms with Gasteiger partial charge in [-0.25, -0.2) is 4.39 Å². The average molecular weight is 377 g/mol. The van der Waals surface area contributed by atoms with E-state index in [2.05, 4.69) is 0 Å².